The molecule has 128 valence electrons. The molecular weight excluding hydrogens is 351 g/mol. The molecule has 6 nitrogen and oxygen atoms in total. The van der Waals surface area contributed by atoms with Gasteiger partial charge in [-0.25, -0.2) is 0 Å². The lowest BCUT2D eigenvalue weighted by molar-refractivity contribution is -0.187. The predicted molar refractivity (Wildman–Crippen MR) is 88.8 cm³/mol. The summed E-state index contributed by atoms with van der Waals surface area (Å²) in [6, 6.07) is 17.7. The van der Waals surface area contributed by atoms with Gasteiger partial charge in [0.15, 0.2) is 0 Å². The zero-order chi connectivity index (χ0) is 17.6. The molecule has 0 aliphatic heterocycles. The SMILES string of the molecule is O=[P+]([O-])OC(CCCc1ccc(-c2ccccc2)cc1)S(=O)(=O)O. The fourth-order valence-electron chi connectivity index (χ4n) is 2.32. The van der Waals surface area contributed by atoms with E-state index >= 15 is 0 Å². The average Bonchev–Trinajstić information content (AvgIpc) is 2.54. The highest BCUT2D eigenvalue weighted by Crippen LogP contribution is 2.23. The van der Waals surface area contributed by atoms with E-state index in [9.17, 15) is 17.9 Å². The minimum absolute atomic E-state index is 0.109. The van der Waals surface area contributed by atoms with Crippen LogP contribution in [0.2, 0.25) is 0 Å². The van der Waals surface area contributed by atoms with E-state index in [4.69, 9.17) is 4.55 Å². The van der Waals surface area contributed by atoms with E-state index in [2.05, 4.69) is 4.52 Å². The molecule has 0 fully saturated rings. The Hall–Kier alpha value is -1.63. The van der Waals surface area contributed by atoms with Gasteiger partial charge in [0, 0.05) is 0 Å². The molecule has 2 aromatic rings. The Labute approximate surface area is 141 Å². The van der Waals surface area contributed by atoms with E-state index in [1.54, 1.807) is 0 Å². The minimum atomic E-state index is -4.56. The molecule has 0 heterocycles. The first-order chi connectivity index (χ1) is 11.4. The zero-order valence-corrected chi connectivity index (χ0v) is 14.4. The van der Waals surface area contributed by atoms with Gasteiger partial charge < -0.3 is 4.89 Å². The van der Waals surface area contributed by atoms with Gasteiger partial charge in [0.25, 0.3) is 10.1 Å². The second kappa shape index (κ2) is 8.46. The summed E-state index contributed by atoms with van der Waals surface area (Å²) in [5, 5.41) is 0. The fourth-order valence-corrected chi connectivity index (χ4v) is 3.73. The standard InChI is InChI=1S/C16H17O6PS/c17-23(18)22-16(24(19,20)21)8-4-5-13-9-11-15(12-10-13)14-6-2-1-3-7-14/h1-3,6-7,9-12,16H,4-5,8H2,(H,19,20,21). The van der Waals surface area contributed by atoms with Crippen LogP contribution in [-0.4, -0.2) is 18.4 Å². The van der Waals surface area contributed by atoms with Crippen LogP contribution in [0.5, 0.6) is 0 Å². The molecule has 0 bridgehead atoms. The molecule has 0 radical (unpaired) electrons. The lowest BCUT2D eigenvalue weighted by atomic mass is 10.0. The fraction of sp³-hybridized carbons (Fsp3) is 0.250. The van der Waals surface area contributed by atoms with Crippen LogP contribution in [0.1, 0.15) is 18.4 Å². The van der Waals surface area contributed by atoms with Crippen LogP contribution < -0.4 is 4.89 Å². The monoisotopic (exact) mass is 368 g/mol. The van der Waals surface area contributed by atoms with E-state index < -0.39 is 23.8 Å². The van der Waals surface area contributed by atoms with Crippen molar-refractivity contribution in [2.45, 2.75) is 24.7 Å². The van der Waals surface area contributed by atoms with Crippen LogP contribution in [0.3, 0.4) is 0 Å². The smallest absolute Gasteiger partial charge is 0.489 e. The Morgan fingerprint density at radius 3 is 2.17 bits per heavy atom. The number of hydrogen-bond acceptors (Lipinski definition) is 5. The van der Waals surface area contributed by atoms with Crippen LogP contribution in [0, 0.1) is 0 Å². The third-order valence-corrected chi connectivity index (χ3v) is 5.07. The average molecular weight is 368 g/mol. The lowest BCUT2D eigenvalue weighted by Gasteiger charge is -2.09. The van der Waals surface area contributed by atoms with Crippen LogP contribution in [0.25, 0.3) is 11.1 Å². The quantitative estimate of drug-likeness (QED) is 0.567. The van der Waals surface area contributed by atoms with E-state index in [1.165, 1.54) is 0 Å². The summed E-state index contributed by atoms with van der Waals surface area (Å²) < 4.78 is 45.9. The molecule has 0 aromatic heterocycles. The maximum Gasteiger partial charge on any atom is 0.489 e. The van der Waals surface area contributed by atoms with E-state index in [0.29, 0.717) is 12.8 Å². The van der Waals surface area contributed by atoms with Gasteiger partial charge in [-0.05, 0) is 40.5 Å². The summed E-state index contributed by atoms with van der Waals surface area (Å²) >= 11 is 0. The van der Waals surface area contributed by atoms with E-state index in [-0.39, 0.29) is 6.42 Å². The number of aryl methyl sites for hydroxylation is 1. The highest BCUT2D eigenvalue weighted by atomic mass is 32.2. The number of benzene rings is 2. The van der Waals surface area contributed by atoms with Crippen molar-refractivity contribution >= 4 is 18.4 Å². The van der Waals surface area contributed by atoms with Crippen molar-refractivity contribution in [3.05, 3.63) is 60.2 Å². The number of hydrogen-bond donors (Lipinski definition) is 1. The normalized spacial score (nSPS) is 13.5. The topological polar surface area (TPSA) is 104 Å². The summed E-state index contributed by atoms with van der Waals surface area (Å²) in [4.78, 5) is 10.5. The molecule has 8 heteroatoms. The third-order valence-electron chi connectivity index (χ3n) is 3.50. The summed E-state index contributed by atoms with van der Waals surface area (Å²) in [6.45, 7) is 0. The molecule has 0 aliphatic carbocycles. The molecule has 2 atom stereocenters. The highest BCUT2D eigenvalue weighted by Gasteiger charge is 2.29. The predicted octanol–water partition coefficient (Wildman–Crippen LogP) is 2.92. The van der Waals surface area contributed by atoms with Gasteiger partial charge in [-0.3, -0.25) is 4.55 Å². The molecule has 24 heavy (non-hydrogen) atoms. The highest BCUT2D eigenvalue weighted by molar-refractivity contribution is 7.86. The lowest BCUT2D eigenvalue weighted by Crippen LogP contribution is -2.22. The van der Waals surface area contributed by atoms with Gasteiger partial charge in [-0.15, -0.1) is 4.52 Å². The van der Waals surface area contributed by atoms with E-state index in [1.807, 2.05) is 54.6 Å². The van der Waals surface area contributed by atoms with Crippen molar-refractivity contribution in [3.8, 4) is 11.1 Å². The molecule has 0 aliphatic rings. The Kier molecular flexibility index (Phi) is 6.60. The van der Waals surface area contributed by atoms with Crippen LogP contribution in [-0.2, 0) is 25.6 Å². The van der Waals surface area contributed by atoms with Crippen LogP contribution >= 0.6 is 8.25 Å². The Morgan fingerprint density at radius 1 is 1.04 bits per heavy atom. The molecule has 1 N–H and O–H groups in total. The minimum Gasteiger partial charge on any atom is -0.566 e. The van der Waals surface area contributed by atoms with Crippen LogP contribution in [0.4, 0.5) is 0 Å². The number of rotatable bonds is 8. The molecule has 0 amide bonds. The van der Waals surface area contributed by atoms with E-state index in [0.717, 1.165) is 16.7 Å². The molecule has 2 unspecified atom stereocenters. The largest absolute Gasteiger partial charge is 0.566 e. The first kappa shape index (κ1) is 18.7. The first-order valence-corrected chi connectivity index (χ1v) is 9.88. The van der Waals surface area contributed by atoms with Gasteiger partial charge in [0.1, 0.15) is 0 Å². The second-order valence-corrected chi connectivity index (χ2v) is 7.44. The molecular formula is C16H17O6PS. The van der Waals surface area contributed by atoms with Gasteiger partial charge in [0.2, 0.25) is 5.44 Å². The van der Waals surface area contributed by atoms with Crippen LogP contribution in [0.15, 0.2) is 54.6 Å². The summed E-state index contributed by atoms with van der Waals surface area (Å²) in [5.74, 6) is 0. The third kappa shape index (κ3) is 5.78. The summed E-state index contributed by atoms with van der Waals surface area (Å²) in [7, 11) is -7.91. The van der Waals surface area contributed by atoms with Gasteiger partial charge >= 0.3 is 8.25 Å². The van der Waals surface area contributed by atoms with Gasteiger partial charge in [-0.1, -0.05) is 54.6 Å². The Bertz CT molecular complexity index is 774. The molecule has 2 aromatic carbocycles. The Balaban J connectivity index is 1.93. The maximum atomic E-state index is 11.1. The molecule has 2 rings (SSSR count). The van der Waals surface area contributed by atoms with Gasteiger partial charge in [-0.2, -0.15) is 8.42 Å². The second-order valence-electron chi connectivity index (χ2n) is 5.23. The molecule has 0 saturated heterocycles. The molecule has 0 spiro atoms. The van der Waals surface area contributed by atoms with Gasteiger partial charge in [0.05, 0.1) is 0 Å². The van der Waals surface area contributed by atoms with Crippen molar-refractivity contribution in [1.29, 1.82) is 0 Å². The maximum absolute atomic E-state index is 11.1. The van der Waals surface area contributed by atoms with Crippen molar-refractivity contribution in [3.63, 3.8) is 0 Å². The van der Waals surface area contributed by atoms with Crippen molar-refractivity contribution < 1.29 is 27.0 Å². The first-order valence-electron chi connectivity index (χ1n) is 7.28. The van der Waals surface area contributed by atoms with Crippen molar-refractivity contribution in [2.75, 3.05) is 0 Å². The molecule has 0 saturated carbocycles. The summed E-state index contributed by atoms with van der Waals surface area (Å²) in [6.07, 6.45) is 0.793. The summed E-state index contributed by atoms with van der Waals surface area (Å²) in [5.41, 5.74) is 1.41. The van der Waals surface area contributed by atoms with Crippen molar-refractivity contribution in [2.24, 2.45) is 0 Å². The Morgan fingerprint density at radius 2 is 1.62 bits per heavy atom. The zero-order valence-electron chi connectivity index (χ0n) is 12.7. The van der Waals surface area contributed by atoms with Crippen molar-refractivity contribution in [1.82, 2.24) is 0 Å².